The monoisotopic (exact) mass is 264 g/mol. The Bertz CT molecular complexity index is 456. The van der Waals surface area contributed by atoms with Crippen LogP contribution in [-0.4, -0.2) is 42.9 Å². The smallest absolute Gasteiger partial charge is 0.246 e. The number of ether oxygens (including phenoxy) is 1. The normalized spacial score (nSPS) is 22.4. The average Bonchev–Trinajstić information content (AvgIpc) is 2.41. The summed E-state index contributed by atoms with van der Waals surface area (Å²) in [5.74, 6) is 0.649. The van der Waals surface area contributed by atoms with Gasteiger partial charge in [0.2, 0.25) is 5.91 Å². The van der Waals surface area contributed by atoms with Crippen LogP contribution in [0.1, 0.15) is 13.8 Å². The van der Waals surface area contributed by atoms with Crippen LogP contribution in [0.15, 0.2) is 24.3 Å². The van der Waals surface area contributed by atoms with Gasteiger partial charge >= 0.3 is 0 Å². The Morgan fingerprint density at radius 1 is 1.42 bits per heavy atom. The highest BCUT2D eigenvalue weighted by Crippen LogP contribution is 2.24. The van der Waals surface area contributed by atoms with Crippen LogP contribution in [0.4, 0.5) is 5.69 Å². The lowest BCUT2D eigenvalue weighted by Crippen LogP contribution is -2.66. The number of nitrogens with zero attached hydrogens (tertiary/aromatic N) is 1. The number of carbonyl (C=O) groups excluding carboxylic acids is 1. The number of carbonyl (C=O) groups is 1. The molecule has 0 aromatic heterocycles. The molecule has 2 N–H and O–H groups in total. The molecule has 1 saturated heterocycles. The summed E-state index contributed by atoms with van der Waals surface area (Å²) in [6.07, 6.45) is 0. The number of hydrogen-bond donors (Lipinski definition) is 2. The van der Waals surface area contributed by atoms with Crippen LogP contribution < -0.4 is 15.0 Å². The Balaban J connectivity index is 2.27. The average molecular weight is 264 g/mol. The topological polar surface area (TPSA) is 61.8 Å². The molecule has 1 aliphatic rings. The van der Waals surface area contributed by atoms with E-state index in [1.807, 2.05) is 38.1 Å². The number of hydrogen-bond acceptors (Lipinski definition) is 4. The van der Waals surface area contributed by atoms with Crippen molar-refractivity contribution in [3.05, 3.63) is 24.3 Å². The van der Waals surface area contributed by atoms with Gasteiger partial charge in [-0.3, -0.25) is 10.1 Å². The number of piperazine rings is 1. The van der Waals surface area contributed by atoms with E-state index >= 15 is 0 Å². The third kappa shape index (κ3) is 2.88. The van der Waals surface area contributed by atoms with Gasteiger partial charge in [-0.15, -0.1) is 0 Å². The summed E-state index contributed by atoms with van der Waals surface area (Å²) in [6, 6.07) is 6.81. The lowest BCUT2D eigenvalue weighted by Gasteiger charge is -2.42. The number of rotatable bonds is 3. The van der Waals surface area contributed by atoms with Gasteiger partial charge in [-0.25, -0.2) is 0 Å². The van der Waals surface area contributed by atoms with E-state index in [1.165, 1.54) is 0 Å². The molecule has 0 aliphatic carbocycles. The first-order valence-electron chi connectivity index (χ1n) is 6.31. The van der Waals surface area contributed by atoms with Gasteiger partial charge in [0.1, 0.15) is 11.8 Å². The molecule has 0 bridgehead atoms. The first kappa shape index (κ1) is 13.8. The Labute approximate surface area is 113 Å². The first-order valence-corrected chi connectivity index (χ1v) is 6.31. The maximum Gasteiger partial charge on any atom is 0.246 e. The van der Waals surface area contributed by atoms with Crippen molar-refractivity contribution in [3.63, 3.8) is 0 Å². The molecule has 1 atom stereocenters. The molecule has 104 valence electrons. The van der Waals surface area contributed by atoms with Gasteiger partial charge in [-0.05, 0) is 38.1 Å². The van der Waals surface area contributed by atoms with Gasteiger partial charge in [0, 0.05) is 17.8 Å². The van der Waals surface area contributed by atoms with Crippen molar-refractivity contribution in [2.75, 3.05) is 25.2 Å². The summed E-state index contributed by atoms with van der Waals surface area (Å²) in [5, 5.41) is 12.5. The highest BCUT2D eigenvalue weighted by Gasteiger charge is 2.38. The van der Waals surface area contributed by atoms with Gasteiger partial charge < -0.3 is 14.7 Å². The van der Waals surface area contributed by atoms with Crippen molar-refractivity contribution in [3.8, 4) is 5.75 Å². The van der Waals surface area contributed by atoms with E-state index in [-0.39, 0.29) is 18.1 Å². The fourth-order valence-electron chi connectivity index (χ4n) is 2.34. The van der Waals surface area contributed by atoms with Gasteiger partial charge in [-0.2, -0.15) is 0 Å². The van der Waals surface area contributed by atoms with Crippen LogP contribution in [0.2, 0.25) is 0 Å². The third-order valence-corrected chi connectivity index (χ3v) is 3.25. The third-order valence-electron chi connectivity index (χ3n) is 3.25. The number of aliphatic hydroxyl groups excluding tert-OH is 1. The minimum Gasteiger partial charge on any atom is -0.497 e. The summed E-state index contributed by atoms with van der Waals surface area (Å²) in [5.41, 5.74) is 0.583. The zero-order valence-electron chi connectivity index (χ0n) is 11.5. The van der Waals surface area contributed by atoms with Crippen molar-refractivity contribution < 1.29 is 14.6 Å². The fraction of sp³-hybridized carbons (Fsp3) is 0.500. The minimum absolute atomic E-state index is 0.105. The number of nitrogens with one attached hydrogen (secondary N) is 1. The largest absolute Gasteiger partial charge is 0.497 e. The predicted octanol–water partition coefficient (Wildman–Crippen LogP) is 0.771. The Morgan fingerprint density at radius 3 is 2.58 bits per heavy atom. The van der Waals surface area contributed by atoms with E-state index in [4.69, 9.17) is 4.74 Å². The SMILES string of the molecule is COc1ccc(N2CC(C)(C)NC(CO)C2=O)cc1. The van der Waals surface area contributed by atoms with Crippen molar-refractivity contribution in [2.24, 2.45) is 0 Å². The number of anilines is 1. The van der Waals surface area contributed by atoms with Crippen molar-refractivity contribution >= 4 is 11.6 Å². The molecule has 1 amide bonds. The summed E-state index contributed by atoms with van der Waals surface area (Å²) >= 11 is 0. The Hall–Kier alpha value is -1.59. The lowest BCUT2D eigenvalue weighted by atomic mass is 9.97. The number of methoxy groups -OCH3 is 1. The van der Waals surface area contributed by atoms with Crippen LogP contribution in [-0.2, 0) is 4.79 Å². The molecule has 0 spiro atoms. The van der Waals surface area contributed by atoms with Crippen LogP contribution in [0, 0.1) is 0 Å². The fourth-order valence-corrected chi connectivity index (χ4v) is 2.34. The number of amides is 1. The quantitative estimate of drug-likeness (QED) is 0.846. The zero-order valence-corrected chi connectivity index (χ0v) is 11.5. The van der Waals surface area contributed by atoms with Gasteiger partial charge in [0.15, 0.2) is 0 Å². The molecule has 0 saturated carbocycles. The molecule has 1 aromatic carbocycles. The number of aliphatic hydroxyl groups is 1. The van der Waals surface area contributed by atoms with Crippen LogP contribution in [0.3, 0.4) is 0 Å². The second-order valence-corrected chi connectivity index (χ2v) is 5.39. The molecule has 1 aliphatic heterocycles. The van der Waals surface area contributed by atoms with Crippen molar-refractivity contribution in [2.45, 2.75) is 25.4 Å². The van der Waals surface area contributed by atoms with Crippen LogP contribution in [0.5, 0.6) is 5.75 Å². The van der Waals surface area contributed by atoms with E-state index in [2.05, 4.69) is 5.32 Å². The molecule has 19 heavy (non-hydrogen) atoms. The number of benzene rings is 1. The maximum atomic E-state index is 12.3. The molecular formula is C14H20N2O3. The minimum atomic E-state index is -0.550. The van der Waals surface area contributed by atoms with Gasteiger partial charge in [0.05, 0.1) is 13.7 Å². The first-order chi connectivity index (χ1) is 8.96. The van der Waals surface area contributed by atoms with E-state index in [0.29, 0.717) is 6.54 Å². The summed E-state index contributed by atoms with van der Waals surface area (Å²) in [4.78, 5) is 14.0. The summed E-state index contributed by atoms with van der Waals surface area (Å²) in [7, 11) is 1.61. The Kier molecular flexibility index (Phi) is 3.78. The molecular weight excluding hydrogens is 244 g/mol. The molecule has 1 aromatic rings. The molecule has 1 fully saturated rings. The molecule has 1 heterocycles. The second kappa shape index (κ2) is 5.19. The van der Waals surface area contributed by atoms with Crippen molar-refractivity contribution in [1.82, 2.24) is 5.32 Å². The highest BCUT2D eigenvalue weighted by atomic mass is 16.5. The van der Waals surface area contributed by atoms with Crippen molar-refractivity contribution in [1.29, 1.82) is 0 Å². The van der Waals surface area contributed by atoms with E-state index in [1.54, 1.807) is 12.0 Å². The molecule has 0 radical (unpaired) electrons. The van der Waals surface area contributed by atoms with Crippen LogP contribution >= 0.6 is 0 Å². The highest BCUT2D eigenvalue weighted by molar-refractivity contribution is 5.98. The molecule has 2 rings (SSSR count). The van der Waals surface area contributed by atoms with Gasteiger partial charge in [0.25, 0.3) is 0 Å². The second-order valence-electron chi connectivity index (χ2n) is 5.39. The van der Waals surface area contributed by atoms with Crippen LogP contribution in [0.25, 0.3) is 0 Å². The molecule has 5 nitrogen and oxygen atoms in total. The van der Waals surface area contributed by atoms with E-state index < -0.39 is 6.04 Å². The lowest BCUT2D eigenvalue weighted by molar-refractivity contribution is -0.124. The summed E-state index contributed by atoms with van der Waals surface area (Å²) in [6.45, 7) is 4.39. The maximum absolute atomic E-state index is 12.3. The summed E-state index contributed by atoms with van der Waals surface area (Å²) < 4.78 is 5.11. The van der Waals surface area contributed by atoms with E-state index in [0.717, 1.165) is 11.4 Å². The van der Waals surface area contributed by atoms with E-state index in [9.17, 15) is 9.90 Å². The molecule has 1 unspecified atom stereocenters. The standard InChI is InChI=1S/C14H20N2O3/c1-14(2)9-16(13(18)12(8-17)15-14)10-4-6-11(19-3)7-5-10/h4-7,12,15,17H,8-9H2,1-3H3. The zero-order chi connectivity index (χ0) is 14.0. The predicted molar refractivity (Wildman–Crippen MR) is 73.4 cm³/mol. The molecule has 5 heteroatoms. The Morgan fingerprint density at radius 2 is 2.05 bits per heavy atom. The van der Waals surface area contributed by atoms with Gasteiger partial charge in [-0.1, -0.05) is 0 Å².